The molecule has 2 aliphatic rings. The molecule has 1 aromatic rings. The minimum Gasteiger partial charge on any atom is -0.341 e. The number of halogens is 2. The van der Waals surface area contributed by atoms with Crippen LogP contribution in [0.3, 0.4) is 0 Å². The van der Waals surface area contributed by atoms with Gasteiger partial charge in [0.1, 0.15) is 11.7 Å². The number of amides is 2. The maximum Gasteiger partial charge on any atom is 0.270 e. The van der Waals surface area contributed by atoms with E-state index in [4.69, 9.17) is 0 Å². The predicted octanol–water partition coefficient (Wildman–Crippen LogP) is 2.28. The van der Waals surface area contributed by atoms with Crippen LogP contribution < -0.4 is 10.6 Å². The Labute approximate surface area is 173 Å². The number of carbonyl (C=O) groups is 2. The van der Waals surface area contributed by atoms with Gasteiger partial charge in [0.15, 0.2) is 0 Å². The Morgan fingerprint density at radius 2 is 1.89 bits per heavy atom. The van der Waals surface area contributed by atoms with E-state index in [-0.39, 0.29) is 42.5 Å². The van der Waals surface area contributed by atoms with Crippen molar-refractivity contribution in [1.82, 2.24) is 20.5 Å². The maximum atomic E-state index is 13.0. The van der Waals surface area contributed by atoms with Crippen LogP contribution in [-0.2, 0) is 4.79 Å². The highest BCUT2D eigenvalue weighted by Crippen LogP contribution is 2.37. The van der Waals surface area contributed by atoms with E-state index in [9.17, 15) is 9.59 Å². The van der Waals surface area contributed by atoms with Crippen LogP contribution in [0.1, 0.15) is 43.6 Å². The van der Waals surface area contributed by atoms with Crippen LogP contribution in [0.4, 0.5) is 0 Å². The Kier molecular flexibility index (Phi) is 8.99. The largest absolute Gasteiger partial charge is 0.341 e. The highest BCUT2D eigenvalue weighted by atomic mass is 35.5. The molecule has 2 aliphatic heterocycles. The molecule has 152 valence electrons. The maximum absolute atomic E-state index is 13.0. The van der Waals surface area contributed by atoms with Gasteiger partial charge in [0.2, 0.25) is 5.91 Å². The fourth-order valence-electron chi connectivity index (χ4n) is 3.85. The monoisotopic (exact) mass is 416 g/mol. The van der Waals surface area contributed by atoms with Gasteiger partial charge >= 0.3 is 0 Å². The zero-order valence-electron chi connectivity index (χ0n) is 15.9. The highest BCUT2D eigenvalue weighted by Gasteiger charge is 2.39. The van der Waals surface area contributed by atoms with Gasteiger partial charge in [0.05, 0.1) is 0 Å². The summed E-state index contributed by atoms with van der Waals surface area (Å²) in [5, 5.41) is 6.33. The molecule has 1 atom stereocenters. The van der Waals surface area contributed by atoms with Gasteiger partial charge in [-0.3, -0.25) is 14.6 Å². The summed E-state index contributed by atoms with van der Waals surface area (Å²) in [6, 6.07) is 4.69. The Morgan fingerprint density at radius 1 is 1.19 bits per heavy atom. The average molecular weight is 417 g/mol. The smallest absolute Gasteiger partial charge is 0.270 e. The van der Waals surface area contributed by atoms with Crippen molar-refractivity contribution in [1.29, 1.82) is 0 Å². The number of aromatic nitrogens is 1. The summed E-state index contributed by atoms with van der Waals surface area (Å²) in [7, 11) is 0. The van der Waals surface area contributed by atoms with Gasteiger partial charge < -0.3 is 15.5 Å². The molecule has 3 rings (SSSR count). The number of likely N-dealkylation sites (tertiary alicyclic amines) is 1. The van der Waals surface area contributed by atoms with Gasteiger partial charge in [-0.05, 0) is 49.3 Å². The van der Waals surface area contributed by atoms with Gasteiger partial charge in [0.25, 0.3) is 5.91 Å². The second-order valence-corrected chi connectivity index (χ2v) is 7.66. The zero-order valence-corrected chi connectivity index (χ0v) is 17.6. The van der Waals surface area contributed by atoms with Crippen molar-refractivity contribution in [2.24, 2.45) is 11.3 Å². The number of nitrogens with one attached hydrogen (secondary N) is 2. The van der Waals surface area contributed by atoms with E-state index in [2.05, 4.69) is 15.6 Å². The van der Waals surface area contributed by atoms with Crippen molar-refractivity contribution in [3.8, 4) is 0 Å². The van der Waals surface area contributed by atoms with E-state index in [1.807, 2.05) is 18.7 Å². The van der Waals surface area contributed by atoms with Gasteiger partial charge in [-0.2, -0.15) is 0 Å². The van der Waals surface area contributed by atoms with E-state index in [0.29, 0.717) is 11.1 Å². The first-order valence-corrected chi connectivity index (χ1v) is 9.22. The summed E-state index contributed by atoms with van der Waals surface area (Å²) in [5.74, 6) is -0.231. The lowest BCUT2D eigenvalue weighted by atomic mass is 9.77. The molecule has 1 spiro atoms. The van der Waals surface area contributed by atoms with Crippen molar-refractivity contribution >= 4 is 36.6 Å². The van der Waals surface area contributed by atoms with E-state index in [1.165, 1.54) is 6.42 Å². The molecule has 8 heteroatoms. The second kappa shape index (κ2) is 10.2. The molecule has 0 bridgehead atoms. The van der Waals surface area contributed by atoms with E-state index >= 15 is 0 Å². The van der Waals surface area contributed by atoms with E-state index < -0.39 is 6.04 Å². The number of piperidine rings is 1. The van der Waals surface area contributed by atoms with Crippen molar-refractivity contribution in [3.05, 3.63) is 30.1 Å². The first-order chi connectivity index (χ1) is 12.0. The predicted molar refractivity (Wildman–Crippen MR) is 111 cm³/mol. The molecule has 2 saturated heterocycles. The molecule has 1 aromatic heterocycles. The number of carbonyl (C=O) groups excluding carboxylic acids is 2. The Balaban J connectivity index is 0.00000182. The fourth-order valence-corrected chi connectivity index (χ4v) is 3.85. The molecule has 2 N–H and O–H groups in total. The summed E-state index contributed by atoms with van der Waals surface area (Å²) < 4.78 is 0. The molecule has 0 aromatic carbocycles. The SMILES string of the molecule is CC(C)C(NC(=O)c1ccccn1)C(=O)N1CCC2(CCNC2)CC1.Cl.Cl. The fraction of sp³-hybridized carbons (Fsp3) is 0.632. The van der Waals surface area contributed by atoms with Gasteiger partial charge in [-0.1, -0.05) is 19.9 Å². The van der Waals surface area contributed by atoms with Crippen LogP contribution in [0.15, 0.2) is 24.4 Å². The van der Waals surface area contributed by atoms with Crippen LogP contribution in [0.25, 0.3) is 0 Å². The molecule has 2 amide bonds. The van der Waals surface area contributed by atoms with E-state index in [1.54, 1.807) is 24.4 Å². The van der Waals surface area contributed by atoms with Gasteiger partial charge in [0, 0.05) is 25.8 Å². The van der Waals surface area contributed by atoms with Crippen molar-refractivity contribution in [2.45, 2.75) is 39.2 Å². The topological polar surface area (TPSA) is 74.3 Å². The van der Waals surface area contributed by atoms with Crippen LogP contribution in [0, 0.1) is 11.3 Å². The standard InChI is InChI=1S/C19H28N4O2.2ClH/c1-14(2)16(22-17(24)15-5-3-4-9-21-15)18(25)23-11-7-19(8-12-23)6-10-20-13-19;;/h3-5,9,14,16,20H,6-8,10-13H2,1-2H3,(H,22,24);2*1H. The number of pyridine rings is 1. The van der Waals surface area contributed by atoms with Crippen LogP contribution in [0.5, 0.6) is 0 Å². The molecule has 27 heavy (non-hydrogen) atoms. The quantitative estimate of drug-likeness (QED) is 0.789. The van der Waals surface area contributed by atoms with Crippen molar-refractivity contribution < 1.29 is 9.59 Å². The second-order valence-electron chi connectivity index (χ2n) is 7.66. The summed E-state index contributed by atoms with van der Waals surface area (Å²) in [5.41, 5.74) is 0.719. The van der Waals surface area contributed by atoms with Gasteiger partial charge in [-0.25, -0.2) is 0 Å². The summed E-state index contributed by atoms with van der Waals surface area (Å²) in [6.07, 6.45) is 4.88. The normalized spacial score (nSPS) is 19.1. The van der Waals surface area contributed by atoms with Crippen LogP contribution in [-0.4, -0.2) is 53.9 Å². The summed E-state index contributed by atoms with van der Waals surface area (Å²) in [4.78, 5) is 31.4. The number of nitrogens with zero attached hydrogens (tertiary/aromatic N) is 2. The van der Waals surface area contributed by atoms with Crippen LogP contribution in [0.2, 0.25) is 0 Å². The third-order valence-corrected chi connectivity index (χ3v) is 5.58. The Bertz CT molecular complexity index is 611. The first-order valence-electron chi connectivity index (χ1n) is 9.22. The lowest BCUT2D eigenvalue weighted by Crippen LogP contribution is -2.54. The molecule has 2 fully saturated rings. The molecule has 0 radical (unpaired) electrons. The minimum absolute atomic E-state index is 0. The number of hydrogen-bond donors (Lipinski definition) is 2. The average Bonchev–Trinajstić information content (AvgIpc) is 3.08. The van der Waals surface area contributed by atoms with Crippen molar-refractivity contribution in [3.63, 3.8) is 0 Å². The molecular weight excluding hydrogens is 387 g/mol. The highest BCUT2D eigenvalue weighted by molar-refractivity contribution is 5.96. The first kappa shape index (κ1) is 23.7. The van der Waals surface area contributed by atoms with E-state index in [0.717, 1.165) is 39.0 Å². The molecule has 1 unspecified atom stereocenters. The number of hydrogen-bond acceptors (Lipinski definition) is 4. The lowest BCUT2D eigenvalue weighted by Gasteiger charge is -2.40. The van der Waals surface area contributed by atoms with Crippen molar-refractivity contribution in [2.75, 3.05) is 26.2 Å². The molecular formula is C19H30Cl2N4O2. The lowest BCUT2D eigenvalue weighted by molar-refractivity contribution is -0.136. The third kappa shape index (κ3) is 5.56. The Hall–Kier alpha value is -1.37. The van der Waals surface area contributed by atoms with Crippen LogP contribution >= 0.6 is 24.8 Å². The Morgan fingerprint density at radius 3 is 2.41 bits per heavy atom. The summed E-state index contributed by atoms with van der Waals surface area (Å²) >= 11 is 0. The zero-order chi connectivity index (χ0) is 17.9. The number of rotatable bonds is 4. The third-order valence-electron chi connectivity index (χ3n) is 5.58. The molecule has 0 saturated carbocycles. The molecule has 3 heterocycles. The minimum atomic E-state index is -0.509. The van der Waals surface area contributed by atoms with Gasteiger partial charge in [-0.15, -0.1) is 24.8 Å². The molecule has 0 aliphatic carbocycles. The summed E-state index contributed by atoms with van der Waals surface area (Å²) in [6.45, 7) is 7.65. The molecule has 6 nitrogen and oxygen atoms in total.